The van der Waals surface area contributed by atoms with Crippen LogP contribution < -0.4 is 20.1 Å². The van der Waals surface area contributed by atoms with Crippen LogP contribution in [0.5, 0.6) is 11.5 Å². The summed E-state index contributed by atoms with van der Waals surface area (Å²) in [6.45, 7) is 7.05. The molecular formula is C28H39N3O5. The van der Waals surface area contributed by atoms with Gasteiger partial charge in [-0.2, -0.15) is 0 Å². The summed E-state index contributed by atoms with van der Waals surface area (Å²) < 4.78 is 16.4. The van der Waals surface area contributed by atoms with Crippen LogP contribution in [0.15, 0.2) is 48.5 Å². The number of nitrogens with zero attached hydrogens (tertiary/aromatic N) is 1. The Hall–Kier alpha value is -3.10. The summed E-state index contributed by atoms with van der Waals surface area (Å²) in [4.78, 5) is 28.1. The summed E-state index contributed by atoms with van der Waals surface area (Å²) in [6, 6.07) is 14.9. The molecule has 3 rings (SSSR count). The molecule has 0 radical (unpaired) electrons. The number of hydrogen-bond donors (Lipinski definition) is 2. The first-order chi connectivity index (χ1) is 17.4. The van der Waals surface area contributed by atoms with Crippen LogP contribution in [0.4, 0.5) is 0 Å². The molecule has 1 aliphatic rings. The van der Waals surface area contributed by atoms with Crippen molar-refractivity contribution < 1.29 is 23.8 Å². The van der Waals surface area contributed by atoms with Gasteiger partial charge in [-0.05, 0) is 37.6 Å². The van der Waals surface area contributed by atoms with Crippen LogP contribution >= 0.6 is 0 Å². The maximum Gasteiger partial charge on any atom is 0.254 e. The number of carbonyl (C=O) groups excluding carboxylic acids is 2. The van der Waals surface area contributed by atoms with Gasteiger partial charge in [-0.25, -0.2) is 0 Å². The summed E-state index contributed by atoms with van der Waals surface area (Å²) in [5.41, 5.74) is 1.53. The highest BCUT2D eigenvalue weighted by atomic mass is 16.5. The first-order valence-corrected chi connectivity index (χ1v) is 12.6. The van der Waals surface area contributed by atoms with Crippen LogP contribution in [0.2, 0.25) is 0 Å². The first-order valence-electron chi connectivity index (χ1n) is 12.6. The molecule has 2 aromatic rings. The van der Waals surface area contributed by atoms with Crippen molar-refractivity contribution in [3.8, 4) is 11.5 Å². The quantitative estimate of drug-likeness (QED) is 0.414. The highest BCUT2D eigenvalue weighted by Crippen LogP contribution is 2.29. The van der Waals surface area contributed by atoms with E-state index in [1.54, 1.807) is 32.4 Å². The van der Waals surface area contributed by atoms with Crippen LogP contribution in [0.25, 0.3) is 0 Å². The standard InChI is InChI=1S/C28H39N3O5/c1-20(2)31(28(33)22-11-12-25(35-4)26(16-22)36-14-8-13-34-3)19-23-17-29-18-24(23)30-27(32)15-21-9-6-5-7-10-21/h5-7,9-12,16,20,23-24,29H,8,13-15,17-19H2,1-4H3,(H,30,32)/t23-,24+/m0/s1. The lowest BCUT2D eigenvalue weighted by Gasteiger charge is -2.32. The van der Waals surface area contributed by atoms with Crippen molar-refractivity contribution in [3.05, 3.63) is 59.7 Å². The number of hydrogen-bond acceptors (Lipinski definition) is 6. The molecule has 1 fully saturated rings. The summed E-state index contributed by atoms with van der Waals surface area (Å²) in [7, 11) is 3.23. The third-order valence-corrected chi connectivity index (χ3v) is 6.37. The minimum atomic E-state index is -0.0735. The zero-order valence-electron chi connectivity index (χ0n) is 21.8. The first kappa shape index (κ1) is 27.5. The second kappa shape index (κ2) is 13.8. The molecule has 0 aliphatic carbocycles. The van der Waals surface area contributed by atoms with Crippen LogP contribution in [-0.4, -0.2) is 75.9 Å². The van der Waals surface area contributed by atoms with Gasteiger partial charge in [0.05, 0.1) is 20.1 Å². The van der Waals surface area contributed by atoms with E-state index in [2.05, 4.69) is 10.6 Å². The van der Waals surface area contributed by atoms with Crippen molar-refractivity contribution in [2.24, 2.45) is 5.92 Å². The van der Waals surface area contributed by atoms with Crippen molar-refractivity contribution in [1.82, 2.24) is 15.5 Å². The molecule has 1 saturated heterocycles. The van der Waals surface area contributed by atoms with E-state index in [-0.39, 0.29) is 29.8 Å². The molecule has 1 heterocycles. The maximum absolute atomic E-state index is 13.6. The summed E-state index contributed by atoms with van der Waals surface area (Å²) in [6.07, 6.45) is 1.08. The Balaban J connectivity index is 1.66. The molecule has 8 heteroatoms. The van der Waals surface area contributed by atoms with E-state index in [9.17, 15) is 9.59 Å². The number of rotatable bonds is 13. The Morgan fingerprint density at radius 3 is 2.53 bits per heavy atom. The van der Waals surface area contributed by atoms with E-state index >= 15 is 0 Å². The minimum Gasteiger partial charge on any atom is -0.493 e. The van der Waals surface area contributed by atoms with E-state index in [1.807, 2.05) is 49.1 Å². The largest absolute Gasteiger partial charge is 0.493 e. The van der Waals surface area contributed by atoms with Gasteiger partial charge in [0, 0.05) is 63.3 Å². The molecule has 8 nitrogen and oxygen atoms in total. The monoisotopic (exact) mass is 497 g/mol. The topological polar surface area (TPSA) is 89.1 Å². The van der Waals surface area contributed by atoms with Gasteiger partial charge in [0.15, 0.2) is 11.5 Å². The van der Waals surface area contributed by atoms with E-state index in [0.29, 0.717) is 49.8 Å². The molecule has 1 aliphatic heterocycles. The van der Waals surface area contributed by atoms with E-state index < -0.39 is 0 Å². The number of methoxy groups -OCH3 is 2. The Labute approximate surface area is 214 Å². The zero-order chi connectivity index (χ0) is 25.9. The van der Waals surface area contributed by atoms with Gasteiger partial charge in [0.1, 0.15) is 0 Å². The number of nitrogens with one attached hydrogen (secondary N) is 2. The highest BCUT2D eigenvalue weighted by Gasteiger charge is 2.32. The highest BCUT2D eigenvalue weighted by molar-refractivity contribution is 5.95. The molecule has 2 N–H and O–H groups in total. The van der Waals surface area contributed by atoms with Gasteiger partial charge in [0.25, 0.3) is 5.91 Å². The fourth-order valence-electron chi connectivity index (χ4n) is 4.39. The molecule has 2 atom stereocenters. The summed E-state index contributed by atoms with van der Waals surface area (Å²) >= 11 is 0. The van der Waals surface area contributed by atoms with Crippen molar-refractivity contribution in [2.45, 2.75) is 38.8 Å². The normalized spacial score (nSPS) is 17.1. The second-order valence-corrected chi connectivity index (χ2v) is 9.37. The SMILES string of the molecule is COCCCOc1cc(C(=O)N(C[C@@H]2CNC[C@H]2NC(=O)Cc2ccccc2)C(C)C)ccc1OC. The average molecular weight is 498 g/mol. The number of amides is 2. The van der Waals surface area contributed by atoms with Crippen LogP contribution in [-0.2, 0) is 16.0 Å². The second-order valence-electron chi connectivity index (χ2n) is 9.37. The molecule has 0 unspecified atom stereocenters. The number of carbonyl (C=O) groups is 2. The number of benzene rings is 2. The van der Waals surface area contributed by atoms with Crippen LogP contribution in [0, 0.1) is 5.92 Å². The Bertz CT molecular complexity index is 982. The predicted molar refractivity (Wildman–Crippen MR) is 140 cm³/mol. The molecule has 0 bridgehead atoms. The molecule has 36 heavy (non-hydrogen) atoms. The average Bonchev–Trinajstić information content (AvgIpc) is 3.31. The van der Waals surface area contributed by atoms with E-state index in [4.69, 9.17) is 14.2 Å². The lowest BCUT2D eigenvalue weighted by molar-refractivity contribution is -0.121. The summed E-state index contributed by atoms with van der Waals surface area (Å²) in [5.74, 6) is 1.15. The van der Waals surface area contributed by atoms with E-state index in [0.717, 1.165) is 18.5 Å². The molecule has 0 aromatic heterocycles. The maximum atomic E-state index is 13.6. The fraction of sp³-hybridized carbons (Fsp3) is 0.500. The predicted octanol–water partition coefficient (Wildman–Crippen LogP) is 2.91. The summed E-state index contributed by atoms with van der Waals surface area (Å²) in [5, 5.41) is 6.54. The minimum absolute atomic E-state index is 0.00672. The van der Waals surface area contributed by atoms with E-state index in [1.165, 1.54) is 0 Å². The van der Waals surface area contributed by atoms with Gasteiger partial charge in [0.2, 0.25) is 5.91 Å². The molecule has 2 amide bonds. The van der Waals surface area contributed by atoms with Gasteiger partial charge < -0.3 is 29.7 Å². The fourth-order valence-corrected chi connectivity index (χ4v) is 4.39. The van der Waals surface area contributed by atoms with Crippen molar-refractivity contribution >= 4 is 11.8 Å². The molecular weight excluding hydrogens is 458 g/mol. The third-order valence-electron chi connectivity index (χ3n) is 6.37. The van der Waals surface area contributed by atoms with Gasteiger partial charge in [-0.15, -0.1) is 0 Å². The van der Waals surface area contributed by atoms with Crippen LogP contribution in [0.1, 0.15) is 36.2 Å². The van der Waals surface area contributed by atoms with Crippen LogP contribution in [0.3, 0.4) is 0 Å². The molecule has 196 valence electrons. The van der Waals surface area contributed by atoms with Gasteiger partial charge in [-0.1, -0.05) is 30.3 Å². The van der Waals surface area contributed by atoms with Crippen molar-refractivity contribution in [1.29, 1.82) is 0 Å². The molecule has 0 saturated carbocycles. The Morgan fingerprint density at radius 1 is 1.06 bits per heavy atom. The number of ether oxygens (including phenoxy) is 3. The lowest BCUT2D eigenvalue weighted by atomic mass is 10.0. The third kappa shape index (κ3) is 7.70. The molecule has 2 aromatic carbocycles. The molecule has 0 spiro atoms. The Kier molecular flexibility index (Phi) is 10.6. The zero-order valence-corrected chi connectivity index (χ0v) is 21.8. The Morgan fingerprint density at radius 2 is 1.83 bits per heavy atom. The smallest absolute Gasteiger partial charge is 0.254 e. The van der Waals surface area contributed by atoms with Crippen molar-refractivity contribution in [2.75, 3.05) is 47.1 Å². The van der Waals surface area contributed by atoms with Gasteiger partial charge in [-0.3, -0.25) is 9.59 Å². The lowest BCUT2D eigenvalue weighted by Crippen LogP contribution is -2.47. The van der Waals surface area contributed by atoms with Crippen molar-refractivity contribution in [3.63, 3.8) is 0 Å². The van der Waals surface area contributed by atoms with Gasteiger partial charge >= 0.3 is 0 Å².